The number of aromatic nitrogens is 2. The fourth-order valence-electron chi connectivity index (χ4n) is 10.6. The molecule has 12 heteroatoms. The number of carbonyl (C=O) groups excluding carboxylic acids is 4. The molecule has 2 aromatic carbocycles. The van der Waals surface area contributed by atoms with E-state index in [2.05, 4.69) is 36.1 Å². The van der Waals surface area contributed by atoms with E-state index in [4.69, 9.17) is 18.9 Å². The Morgan fingerprint density at radius 2 is 1.70 bits per heavy atom. The number of nitrogens with zero attached hydrogens (tertiary/aromatic N) is 2. The third-order valence-electron chi connectivity index (χ3n) is 13.1. The molecule has 4 aliphatic rings. The van der Waals surface area contributed by atoms with E-state index in [0.717, 1.165) is 41.5 Å². The number of hydrogen-bond acceptors (Lipinski definition) is 12. The second kappa shape index (κ2) is 15.8. The first-order valence-corrected chi connectivity index (χ1v) is 19.5. The lowest BCUT2D eigenvalue weighted by Gasteiger charge is -2.58. The van der Waals surface area contributed by atoms with Gasteiger partial charge in [-0.1, -0.05) is 44.6 Å². The van der Waals surface area contributed by atoms with Gasteiger partial charge >= 0.3 is 11.9 Å². The molecule has 8 atom stereocenters. The van der Waals surface area contributed by atoms with Crippen molar-refractivity contribution in [2.75, 3.05) is 32.8 Å². The zero-order valence-corrected chi connectivity index (χ0v) is 32.7. The molecule has 3 saturated carbocycles. The minimum Gasteiger partial charge on any atom is -0.493 e. The summed E-state index contributed by atoms with van der Waals surface area (Å²) in [4.78, 5) is 59.7. The number of esters is 2. The third-order valence-corrected chi connectivity index (χ3v) is 13.1. The van der Waals surface area contributed by atoms with Crippen LogP contribution >= 0.6 is 0 Å². The topological polar surface area (TPSA) is 163 Å². The van der Waals surface area contributed by atoms with Crippen molar-refractivity contribution in [3.05, 3.63) is 72.1 Å². The van der Waals surface area contributed by atoms with Gasteiger partial charge in [0.2, 0.25) is 0 Å². The number of ether oxygens (including phenoxy) is 4. The van der Waals surface area contributed by atoms with Gasteiger partial charge in [-0.3, -0.25) is 19.2 Å². The van der Waals surface area contributed by atoms with E-state index in [1.54, 1.807) is 32.4 Å². The van der Waals surface area contributed by atoms with Gasteiger partial charge < -0.3 is 29.4 Å². The summed E-state index contributed by atoms with van der Waals surface area (Å²) in [6, 6.07) is 11.3. The number of anilines is 2. The van der Waals surface area contributed by atoms with Gasteiger partial charge in [0.05, 0.1) is 45.3 Å². The van der Waals surface area contributed by atoms with Crippen molar-refractivity contribution in [1.29, 1.82) is 0 Å². The van der Waals surface area contributed by atoms with Gasteiger partial charge in [-0.05, 0) is 84.8 Å². The van der Waals surface area contributed by atoms with Crippen LogP contribution in [0, 0.1) is 40.4 Å². The van der Waals surface area contributed by atoms with Crippen LogP contribution in [0.1, 0.15) is 64.9 Å². The zero-order valence-electron chi connectivity index (χ0n) is 32.7. The summed E-state index contributed by atoms with van der Waals surface area (Å²) < 4.78 is 21.6. The van der Waals surface area contributed by atoms with Gasteiger partial charge in [0.1, 0.15) is 18.8 Å². The van der Waals surface area contributed by atoms with Crippen molar-refractivity contribution in [1.82, 2.24) is 9.97 Å². The Kier molecular flexibility index (Phi) is 11.0. The number of nitrogens with one attached hydrogen (secondary N) is 1. The molecule has 2 unspecified atom stereocenters. The van der Waals surface area contributed by atoms with Crippen LogP contribution in [0.3, 0.4) is 0 Å². The first kappa shape index (κ1) is 39.1. The average Bonchev–Trinajstić information content (AvgIpc) is 3.45. The summed E-state index contributed by atoms with van der Waals surface area (Å²) in [5, 5.41) is 15.7. The van der Waals surface area contributed by atoms with Gasteiger partial charge in [-0.2, -0.15) is 0 Å². The predicted octanol–water partition coefficient (Wildman–Crippen LogP) is 6.51. The van der Waals surface area contributed by atoms with Gasteiger partial charge in [-0.25, -0.2) is 9.97 Å². The van der Waals surface area contributed by atoms with E-state index in [9.17, 15) is 24.3 Å². The van der Waals surface area contributed by atoms with E-state index in [1.165, 1.54) is 6.33 Å². The summed E-state index contributed by atoms with van der Waals surface area (Å²) in [5.41, 5.74) is 2.78. The highest BCUT2D eigenvalue weighted by molar-refractivity contribution is 6.01. The Bertz CT molecular complexity index is 2080. The van der Waals surface area contributed by atoms with Gasteiger partial charge in [-0.15, -0.1) is 0 Å². The van der Waals surface area contributed by atoms with Crippen molar-refractivity contribution < 1.29 is 43.2 Å². The first-order valence-electron chi connectivity index (χ1n) is 19.5. The van der Waals surface area contributed by atoms with E-state index in [-0.39, 0.29) is 72.6 Å². The van der Waals surface area contributed by atoms with Crippen molar-refractivity contribution in [2.45, 2.75) is 71.8 Å². The van der Waals surface area contributed by atoms with Crippen molar-refractivity contribution >= 4 is 45.9 Å². The monoisotopic (exact) mass is 765 g/mol. The van der Waals surface area contributed by atoms with Crippen LogP contribution in [0.15, 0.2) is 66.5 Å². The minimum absolute atomic E-state index is 0.00378. The highest BCUT2D eigenvalue weighted by Crippen LogP contribution is 2.67. The molecule has 0 aliphatic heterocycles. The summed E-state index contributed by atoms with van der Waals surface area (Å²) in [6.07, 6.45) is 9.41. The lowest BCUT2D eigenvalue weighted by molar-refractivity contribution is -0.155. The van der Waals surface area contributed by atoms with Crippen LogP contribution < -0.4 is 14.8 Å². The van der Waals surface area contributed by atoms with Crippen LogP contribution in [-0.2, 0) is 35.1 Å². The van der Waals surface area contributed by atoms with E-state index < -0.39 is 23.5 Å². The zero-order chi connectivity index (χ0) is 39.8. The molecule has 0 saturated heterocycles. The number of benzene rings is 2. The average molecular weight is 766 g/mol. The lowest BCUT2D eigenvalue weighted by Crippen LogP contribution is -2.56. The number of aliphatic hydroxyl groups is 1. The van der Waals surface area contributed by atoms with Gasteiger partial charge in [0, 0.05) is 40.8 Å². The SMILES string of the molecule is COc1cc2ncnc(Nc3ccc(CCOC(=O)CCC(=O)OCC(=O)[C@H]4[C@H](C)CC5[C@@H]6CCC7=CC(=O)C=C[C@]7(C)C6[C@@H](O)C[C@@]54C)cc3)c2cc1OC. The van der Waals surface area contributed by atoms with Gasteiger partial charge in [0.25, 0.3) is 0 Å². The highest BCUT2D eigenvalue weighted by Gasteiger charge is 2.64. The molecular formula is C44H51N3O9. The lowest BCUT2D eigenvalue weighted by atomic mass is 9.46. The Labute approximate surface area is 327 Å². The Balaban J connectivity index is 0.854. The third kappa shape index (κ3) is 7.43. The summed E-state index contributed by atoms with van der Waals surface area (Å²) >= 11 is 0. The summed E-state index contributed by atoms with van der Waals surface area (Å²) in [6.45, 7) is 6.14. The van der Waals surface area contributed by atoms with E-state index in [1.807, 2.05) is 36.4 Å². The van der Waals surface area contributed by atoms with Crippen LogP contribution in [0.2, 0.25) is 0 Å². The molecule has 4 aliphatic carbocycles. The maximum absolute atomic E-state index is 13.7. The number of Topliss-reactive ketones (excluding diaryl/α,β-unsaturated/α-hetero) is 1. The molecule has 0 radical (unpaired) electrons. The van der Waals surface area contributed by atoms with Crippen LogP contribution in [0.5, 0.6) is 11.5 Å². The van der Waals surface area contributed by atoms with E-state index in [0.29, 0.717) is 35.7 Å². The van der Waals surface area contributed by atoms with Gasteiger partial charge in [0.15, 0.2) is 23.1 Å². The van der Waals surface area contributed by atoms with E-state index >= 15 is 0 Å². The van der Waals surface area contributed by atoms with Crippen molar-refractivity contribution in [3.63, 3.8) is 0 Å². The van der Waals surface area contributed by atoms with Crippen LogP contribution in [-0.4, -0.2) is 72.1 Å². The fourth-order valence-corrected chi connectivity index (χ4v) is 10.6. The first-order chi connectivity index (χ1) is 26.8. The quantitative estimate of drug-likeness (QED) is 0.182. The largest absolute Gasteiger partial charge is 0.493 e. The number of rotatable bonds is 13. The standard InChI is InChI=1S/C44H51N3O9/c1-25-18-32-30-11-8-27-19-29(48)14-16-43(27,2)41(30)34(49)22-44(32,3)40(25)35(50)23-56-39(52)13-12-38(51)55-17-15-26-6-9-28(10-7-26)47-42-31-20-36(53-4)37(54-5)21-33(31)45-24-46-42/h6-7,9-10,14,16,19-21,24-25,30,32,34,40-41,49H,8,11-13,15,17-18,22-23H2,1-5H3,(H,45,46,47)/t25-,30+,32?,34+,40-,41?,43+,44+/m1/s1. The smallest absolute Gasteiger partial charge is 0.306 e. The maximum atomic E-state index is 13.7. The molecule has 0 bridgehead atoms. The molecule has 3 aromatic rings. The molecule has 1 aromatic heterocycles. The normalized spacial score (nSPS) is 29.0. The van der Waals surface area contributed by atoms with Crippen molar-refractivity contribution in [2.24, 2.45) is 40.4 Å². The Morgan fingerprint density at radius 1 is 0.982 bits per heavy atom. The number of hydrogen-bond donors (Lipinski definition) is 2. The number of ketones is 2. The van der Waals surface area contributed by atoms with Crippen LogP contribution in [0.4, 0.5) is 11.5 Å². The fraction of sp³-hybridized carbons (Fsp3) is 0.500. The predicted molar refractivity (Wildman–Crippen MR) is 208 cm³/mol. The number of aliphatic hydroxyl groups excluding tert-OH is 1. The molecule has 1 heterocycles. The molecule has 0 amide bonds. The Hall–Kier alpha value is -5.10. The Morgan fingerprint density at radius 3 is 2.43 bits per heavy atom. The van der Waals surface area contributed by atoms with Crippen molar-refractivity contribution in [3.8, 4) is 11.5 Å². The molecule has 0 spiro atoms. The number of allylic oxidation sites excluding steroid dienone is 4. The summed E-state index contributed by atoms with van der Waals surface area (Å²) in [5.74, 6) is 0.665. The minimum atomic E-state index is -0.623. The molecule has 7 rings (SSSR count). The second-order valence-electron chi connectivity index (χ2n) is 16.4. The molecule has 12 nitrogen and oxygen atoms in total. The molecule has 3 fully saturated rings. The number of methoxy groups -OCH3 is 2. The van der Waals surface area contributed by atoms with Crippen LogP contribution in [0.25, 0.3) is 10.9 Å². The molecule has 56 heavy (non-hydrogen) atoms. The highest BCUT2D eigenvalue weighted by atomic mass is 16.5. The molecular weight excluding hydrogens is 714 g/mol. The second-order valence-corrected chi connectivity index (χ2v) is 16.4. The number of fused-ring (bicyclic) bond motifs is 6. The number of carbonyl (C=O) groups is 4. The molecule has 2 N–H and O–H groups in total. The molecule has 296 valence electrons. The summed E-state index contributed by atoms with van der Waals surface area (Å²) in [7, 11) is 3.15. The maximum Gasteiger partial charge on any atom is 0.306 e.